The summed E-state index contributed by atoms with van der Waals surface area (Å²) < 4.78 is 110. The molecular formula is C21H11Cl2F6NO6S. The molecule has 0 heterocycles. The average molecular weight is 590 g/mol. The second-order valence-electron chi connectivity index (χ2n) is 7.13. The Morgan fingerprint density at radius 2 is 1.35 bits per heavy atom. The molecule has 0 spiro atoms. The molecule has 0 aliphatic heterocycles. The van der Waals surface area contributed by atoms with Gasteiger partial charge in [-0.1, -0.05) is 35.3 Å². The molecule has 0 aliphatic carbocycles. The Morgan fingerprint density at radius 1 is 0.838 bits per heavy atom. The largest absolute Gasteiger partial charge is 0.478 e. The molecule has 0 atom stereocenters. The summed E-state index contributed by atoms with van der Waals surface area (Å²) in [6.07, 6.45) is -10.7. The number of ether oxygens (including phenoxy) is 1. The predicted octanol–water partition coefficient (Wildman–Crippen LogP) is 7.11. The third-order valence-electron chi connectivity index (χ3n) is 4.63. The summed E-state index contributed by atoms with van der Waals surface area (Å²) in [7, 11) is -5.54. The molecule has 0 aliphatic rings. The third kappa shape index (κ3) is 6.04. The number of benzene rings is 3. The van der Waals surface area contributed by atoms with Crippen LogP contribution in [-0.2, 0) is 22.4 Å². The Kier molecular flexibility index (Phi) is 7.61. The van der Waals surface area contributed by atoms with Gasteiger partial charge in [0.1, 0.15) is 17.0 Å². The number of carboxylic acid groups (broad SMARTS) is 1. The lowest BCUT2D eigenvalue weighted by atomic mass is 10.1. The van der Waals surface area contributed by atoms with Crippen molar-refractivity contribution in [2.45, 2.75) is 17.2 Å². The fraction of sp³-hybridized carbons (Fsp3) is 0.0952. The van der Waals surface area contributed by atoms with Gasteiger partial charge in [0.05, 0.1) is 26.1 Å². The van der Waals surface area contributed by atoms with Gasteiger partial charge < -0.3 is 9.84 Å². The number of nitrogens with zero attached hydrogens (tertiary/aromatic N) is 1. The minimum absolute atomic E-state index is 0.106. The van der Waals surface area contributed by atoms with Crippen molar-refractivity contribution in [3.05, 3.63) is 81.3 Å². The maximum Gasteiger partial charge on any atom is 0.416 e. The molecule has 2 N–H and O–H groups in total. The Bertz CT molecular complexity index is 1450. The fourth-order valence-corrected chi connectivity index (χ4v) is 4.37. The Morgan fingerprint density at radius 3 is 1.86 bits per heavy atom. The van der Waals surface area contributed by atoms with Crippen LogP contribution >= 0.6 is 23.2 Å². The van der Waals surface area contributed by atoms with E-state index in [1.165, 1.54) is 12.1 Å². The molecule has 16 heteroatoms. The molecule has 0 aromatic heterocycles. The molecule has 198 valence electrons. The van der Waals surface area contributed by atoms with Crippen LogP contribution < -0.4 is 9.21 Å². The normalized spacial score (nSPS) is 12.4. The van der Waals surface area contributed by atoms with E-state index in [0.29, 0.717) is 6.07 Å². The summed E-state index contributed by atoms with van der Waals surface area (Å²) in [6, 6.07) is 5.98. The Balaban J connectivity index is 2.20. The molecule has 3 aromatic rings. The molecule has 0 amide bonds. The van der Waals surface area contributed by atoms with Crippen LogP contribution in [0.3, 0.4) is 0 Å². The number of aromatic carboxylic acids is 1. The molecule has 0 fully saturated rings. The zero-order chi connectivity index (χ0) is 27.9. The van der Waals surface area contributed by atoms with Crippen LogP contribution in [0.5, 0.6) is 11.5 Å². The van der Waals surface area contributed by atoms with E-state index < -0.39 is 70.9 Å². The van der Waals surface area contributed by atoms with Gasteiger partial charge in [0.2, 0.25) is 0 Å². The van der Waals surface area contributed by atoms with E-state index in [9.17, 15) is 49.9 Å². The van der Waals surface area contributed by atoms with E-state index in [1.54, 1.807) is 0 Å². The van der Waals surface area contributed by atoms with Crippen molar-refractivity contribution in [2.24, 2.45) is 0 Å². The maximum atomic E-state index is 13.2. The summed E-state index contributed by atoms with van der Waals surface area (Å²) in [5, 5.41) is 19.2. The van der Waals surface area contributed by atoms with Crippen LogP contribution in [0.2, 0.25) is 10.0 Å². The topological polar surface area (TPSA) is 104 Å². The van der Waals surface area contributed by atoms with E-state index >= 15 is 0 Å². The number of carboxylic acids is 1. The van der Waals surface area contributed by atoms with Gasteiger partial charge in [-0.25, -0.2) is 4.79 Å². The third-order valence-corrected chi connectivity index (χ3v) is 6.84. The van der Waals surface area contributed by atoms with Crippen molar-refractivity contribution < 1.29 is 54.6 Å². The van der Waals surface area contributed by atoms with Crippen LogP contribution in [0, 0.1) is 0 Å². The number of sulfonamides is 1. The minimum atomic E-state index is -5.54. The van der Waals surface area contributed by atoms with Gasteiger partial charge in [-0.2, -0.15) is 34.8 Å². The monoisotopic (exact) mass is 589 g/mol. The van der Waals surface area contributed by atoms with Crippen molar-refractivity contribution >= 4 is 44.9 Å². The van der Waals surface area contributed by atoms with Gasteiger partial charge in [0.15, 0.2) is 5.75 Å². The van der Waals surface area contributed by atoms with Crippen LogP contribution in [0.25, 0.3) is 0 Å². The molecular weight excluding hydrogens is 579 g/mol. The standard InChI is InChI=1S/C21H11Cl2F6NO6S/c22-14-8-16(18(9-15(14)23)36-17-4-2-1-3-13(17)19(31)32)30(33)37(34,35)12-6-10(20(24,25)26)5-11(7-12)21(27,28)29/h1-9,33H,(H,31,32). The first kappa shape index (κ1) is 28.4. The predicted molar refractivity (Wildman–Crippen MR) is 118 cm³/mol. The van der Waals surface area contributed by atoms with E-state index in [4.69, 9.17) is 27.9 Å². The summed E-state index contributed by atoms with van der Waals surface area (Å²) >= 11 is 11.8. The molecule has 0 saturated carbocycles. The first-order chi connectivity index (χ1) is 16.9. The zero-order valence-electron chi connectivity index (χ0n) is 17.6. The summed E-state index contributed by atoms with van der Waals surface area (Å²) in [6.45, 7) is 0. The van der Waals surface area contributed by atoms with Crippen molar-refractivity contribution in [1.29, 1.82) is 0 Å². The lowest BCUT2D eigenvalue weighted by molar-refractivity contribution is -0.143. The molecule has 37 heavy (non-hydrogen) atoms. The average Bonchev–Trinajstić information content (AvgIpc) is 2.79. The number of hydrogen-bond acceptors (Lipinski definition) is 5. The fourth-order valence-electron chi connectivity index (χ4n) is 2.90. The van der Waals surface area contributed by atoms with Gasteiger partial charge in [0, 0.05) is 6.07 Å². The number of para-hydroxylation sites is 1. The van der Waals surface area contributed by atoms with Gasteiger partial charge in [-0.05, 0) is 36.4 Å². The second-order valence-corrected chi connectivity index (χ2v) is 9.71. The maximum absolute atomic E-state index is 13.2. The molecule has 0 radical (unpaired) electrons. The number of hydrogen-bond donors (Lipinski definition) is 2. The zero-order valence-corrected chi connectivity index (χ0v) is 19.9. The Labute approximate surface area is 214 Å². The van der Waals surface area contributed by atoms with Crippen LogP contribution in [0.15, 0.2) is 59.5 Å². The van der Waals surface area contributed by atoms with Crippen LogP contribution in [0.1, 0.15) is 21.5 Å². The van der Waals surface area contributed by atoms with Gasteiger partial charge in [0.25, 0.3) is 10.0 Å². The second kappa shape index (κ2) is 9.93. The van der Waals surface area contributed by atoms with Gasteiger partial charge in [-0.3, -0.25) is 5.21 Å². The van der Waals surface area contributed by atoms with E-state index in [-0.39, 0.29) is 29.0 Å². The van der Waals surface area contributed by atoms with E-state index in [0.717, 1.165) is 18.2 Å². The van der Waals surface area contributed by atoms with Gasteiger partial charge >= 0.3 is 18.3 Å². The lowest BCUT2D eigenvalue weighted by Crippen LogP contribution is -2.28. The smallest absolute Gasteiger partial charge is 0.416 e. The molecule has 7 nitrogen and oxygen atoms in total. The summed E-state index contributed by atoms with van der Waals surface area (Å²) in [4.78, 5) is 9.89. The lowest BCUT2D eigenvalue weighted by Gasteiger charge is -2.22. The highest BCUT2D eigenvalue weighted by Gasteiger charge is 2.39. The molecule has 0 unspecified atom stereocenters. The van der Waals surface area contributed by atoms with Crippen LogP contribution in [-0.4, -0.2) is 24.7 Å². The van der Waals surface area contributed by atoms with Crippen molar-refractivity contribution in [2.75, 3.05) is 4.47 Å². The van der Waals surface area contributed by atoms with Crippen molar-refractivity contribution in [3.8, 4) is 11.5 Å². The van der Waals surface area contributed by atoms with Crippen LogP contribution in [0.4, 0.5) is 32.0 Å². The molecule has 0 bridgehead atoms. The highest BCUT2D eigenvalue weighted by molar-refractivity contribution is 7.92. The first-order valence-electron chi connectivity index (χ1n) is 9.46. The number of anilines is 1. The van der Waals surface area contributed by atoms with E-state index in [2.05, 4.69) is 0 Å². The Hall–Kier alpha value is -3.20. The minimum Gasteiger partial charge on any atom is -0.478 e. The van der Waals surface area contributed by atoms with Gasteiger partial charge in [-0.15, -0.1) is 4.47 Å². The van der Waals surface area contributed by atoms with Crippen molar-refractivity contribution in [1.82, 2.24) is 0 Å². The van der Waals surface area contributed by atoms with E-state index in [1.807, 2.05) is 0 Å². The number of rotatable bonds is 6. The number of carbonyl (C=O) groups is 1. The summed E-state index contributed by atoms with van der Waals surface area (Å²) in [5.41, 5.74) is -5.22. The SMILES string of the molecule is O=C(O)c1ccccc1Oc1cc(Cl)c(Cl)cc1N(O)S(=O)(=O)c1cc(C(F)(F)F)cc(C(F)(F)F)c1. The molecule has 0 saturated heterocycles. The highest BCUT2D eigenvalue weighted by atomic mass is 35.5. The number of halogens is 8. The number of alkyl halides is 6. The quantitative estimate of drug-likeness (QED) is 0.234. The van der Waals surface area contributed by atoms with Crippen molar-refractivity contribution in [3.63, 3.8) is 0 Å². The molecule has 3 rings (SSSR count). The molecule has 3 aromatic carbocycles. The first-order valence-corrected chi connectivity index (χ1v) is 11.7. The summed E-state index contributed by atoms with van der Waals surface area (Å²) in [5.74, 6) is -2.50. The highest BCUT2D eigenvalue weighted by Crippen LogP contribution is 2.42.